The molecular formula is C45H32N2S. The van der Waals surface area contributed by atoms with Gasteiger partial charge in [0, 0.05) is 53.3 Å². The van der Waals surface area contributed by atoms with E-state index in [1.807, 2.05) is 11.3 Å². The summed E-state index contributed by atoms with van der Waals surface area (Å²) >= 11 is 1.87. The van der Waals surface area contributed by atoms with Crippen LogP contribution in [0.25, 0.3) is 58.8 Å². The maximum atomic E-state index is 2.53. The van der Waals surface area contributed by atoms with Gasteiger partial charge in [-0.3, -0.25) is 0 Å². The van der Waals surface area contributed by atoms with Crippen molar-refractivity contribution in [1.29, 1.82) is 0 Å². The minimum Gasteiger partial charge on any atom is -0.309 e. The number of para-hydroxylation sites is 2. The van der Waals surface area contributed by atoms with Gasteiger partial charge in [-0.1, -0.05) is 117 Å². The first kappa shape index (κ1) is 27.5. The second kappa shape index (κ2) is 10.2. The molecule has 3 heteroatoms. The molecule has 2 heterocycles. The summed E-state index contributed by atoms with van der Waals surface area (Å²) in [5.41, 5.74) is 12.4. The molecule has 0 saturated carbocycles. The highest BCUT2D eigenvalue weighted by Gasteiger charge is 2.38. The van der Waals surface area contributed by atoms with Gasteiger partial charge in [0.2, 0.25) is 0 Å². The van der Waals surface area contributed by atoms with E-state index in [0.717, 1.165) is 11.4 Å². The van der Waals surface area contributed by atoms with Gasteiger partial charge in [-0.25, -0.2) is 0 Å². The van der Waals surface area contributed by atoms with Crippen LogP contribution in [0.4, 0.5) is 17.1 Å². The van der Waals surface area contributed by atoms with Crippen LogP contribution in [0, 0.1) is 0 Å². The fourth-order valence-electron chi connectivity index (χ4n) is 8.23. The fourth-order valence-corrected chi connectivity index (χ4v) is 9.36. The van der Waals surface area contributed by atoms with Crippen molar-refractivity contribution in [3.8, 4) is 16.8 Å². The molecule has 10 rings (SSSR count). The lowest BCUT2D eigenvalue weighted by atomic mass is 9.82. The van der Waals surface area contributed by atoms with Crippen molar-refractivity contribution in [1.82, 2.24) is 4.57 Å². The molecule has 0 bridgehead atoms. The molecular weight excluding hydrogens is 601 g/mol. The summed E-state index contributed by atoms with van der Waals surface area (Å²) in [6, 6.07) is 58.1. The molecule has 0 atom stereocenters. The Morgan fingerprint density at radius 3 is 2.08 bits per heavy atom. The summed E-state index contributed by atoms with van der Waals surface area (Å²) in [5, 5.41) is 5.12. The van der Waals surface area contributed by atoms with Crippen molar-refractivity contribution >= 4 is 70.4 Å². The number of anilines is 3. The van der Waals surface area contributed by atoms with Gasteiger partial charge in [0.1, 0.15) is 0 Å². The Morgan fingerprint density at radius 2 is 1.19 bits per heavy atom. The van der Waals surface area contributed by atoms with Crippen LogP contribution in [0.5, 0.6) is 0 Å². The van der Waals surface area contributed by atoms with E-state index in [1.165, 1.54) is 75.6 Å². The Kier molecular flexibility index (Phi) is 5.82. The third-order valence-corrected chi connectivity index (χ3v) is 11.5. The molecule has 0 radical (unpaired) electrons. The predicted octanol–water partition coefficient (Wildman–Crippen LogP) is 12.9. The highest BCUT2D eigenvalue weighted by molar-refractivity contribution is 7.25. The van der Waals surface area contributed by atoms with E-state index in [2.05, 4.69) is 181 Å². The number of thiophene rings is 1. The number of benzene rings is 7. The predicted molar refractivity (Wildman–Crippen MR) is 206 cm³/mol. The molecule has 0 amide bonds. The van der Waals surface area contributed by atoms with Gasteiger partial charge in [0.25, 0.3) is 0 Å². The van der Waals surface area contributed by atoms with Gasteiger partial charge in [0.05, 0.1) is 22.4 Å². The Labute approximate surface area is 283 Å². The topological polar surface area (TPSA) is 8.17 Å². The summed E-state index contributed by atoms with van der Waals surface area (Å²) in [4.78, 5) is 2.53. The molecule has 2 nitrogen and oxygen atoms in total. The molecule has 2 aromatic heterocycles. The first-order valence-corrected chi connectivity index (χ1v) is 17.4. The highest BCUT2D eigenvalue weighted by atomic mass is 32.1. The van der Waals surface area contributed by atoms with E-state index in [0.29, 0.717) is 0 Å². The lowest BCUT2D eigenvalue weighted by molar-refractivity contribution is 0.660. The molecule has 1 aliphatic rings. The van der Waals surface area contributed by atoms with Crippen LogP contribution in [0.2, 0.25) is 0 Å². The van der Waals surface area contributed by atoms with Crippen molar-refractivity contribution in [2.75, 3.05) is 4.90 Å². The third-order valence-electron chi connectivity index (χ3n) is 10.4. The highest BCUT2D eigenvalue weighted by Crippen LogP contribution is 2.55. The van der Waals surface area contributed by atoms with Crippen LogP contribution in [0.3, 0.4) is 0 Å². The molecule has 0 saturated heterocycles. The van der Waals surface area contributed by atoms with Crippen LogP contribution in [-0.4, -0.2) is 4.57 Å². The van der Waals surface area contributed by atoms with Crippen LogP contribution in [-0.2, 0) is 5.41 Å². The van der Waals surface area contributed by atoms with E-state index in [-0.39, 0.29) is 5.41 Å². The fraction of sp³-hybridized carbons (Fsp3) is 0.0667. The molecule has 1 aliphatic carbocycles. The van der Waals surface area contributed by atoms with Crippen LogP contribution in [0.15, 0.2) is 158 Å². The summed E-state index contributed by atoms with van der Waals surface area (Å²) in [6.07, 6.45) is 0. The zero-order valence-electron chi connectivity index (χ0n) is 26.8. The van der Waals surface area contributed by atoms with E-state index < -0.39 is 0 Å². The first-order chi connectivity index (χ1) is 23.6. The molecule has 9 aromatic rings. The summed E-state index contributed by atoms with van der Waals surface area (Å²) in [6.45, 7) is 4.73. The molecule has 0 unspecified atom stereocenters. The Hall–Kier alpha value is -5.64. The monoisotopic (exact) mass is 632 g/mol. The molecule has 0 spiro atoms. The normalized spacial score (nSPS) is 13.4. The molecule has 7 aromatic carbocycles. The number of hydrogen-bond donors (Lipinski definition) is 0. The van der Waals surface area contributed by atoms with Gasteiger partial charge in [0.15, 0.2) is 0 Å². The third kappa shape index (κ3) is 3.79. The van der Waals surface area contributed by atoms with Crippen LogP contribution >= 0.6 is 11.3 Å². The number of nitrogens with zero attached hydrogens (tertiary/aromatic N) is 2. The summed E-state index contributed by atoms with van der Waals surface area (Å²) < 4.78 is 5.03. The molecule has 228 valence electrons. The van der Waals surface area contributed by atoms with Gasteiger partial charge in [-0.05, 0) is 71.3 Å². The van der Waals surface area contributed by atoms with Crippen LogP contribution < -0.4 is 4.90 Å². The van der Waals surface area contributed by atoms with Crippen molar-refractivity contribution < 1.29 is 0 Å². The number of hydrogen-bond acceptors (Lipinski definition) is 2. The lowest BCUT2D eigenvalue weighted by Crippen LogP contribution is -2.16. The van der Waals surface area contributed by atoms with E-state index in [1.54, 1.807) is 0 Å². The molecule has 0 N–H and O–H groups in total. The SMILES string of the molecule is CC1(C)c2ccccc2-c2c(N(c3ccc4c(c3)sc3ccccc34)c3cccc4c3c3ccccc3n4-c3ccccc3)cccc21. The lowest BCUT2D eigenvalue weighted by Gasteiger charge is -2.29. The summed E-state index contributed by atoms with van der Waals surface area (Å²) in [7, 11) is 0. The first-order valence-electron chi connectivity index (χ1n) is 16.6. The average molecular weight is 633 g/mol. The smallest absolute Gasteiger partial charge is 0.0562 e. The summed E-state index contributed by atoms with van der Waals surface area (Å²) in [5.74, 6) is 0. The van der Waals surface area contributed by atoms with Crippen molar-refractivity contribution in [3.63, 3.8) is 0 Å². The van der Waals surface area contributed by atoms with Gasteiger partial charge in [-0.15, -0.1) is 11.3 Å². The molecule has 0 aliphatic heterocycles. The number of aromatic nitrogens is 1. The minimum atomic E-state index is -0.0988. The van der Waals surface area contributed by atoms with Crippen LogP contribution in [0.1, 0.15) is 25.0 Å². The second-order valence-corrected chi connectivity index (χ2v) is 14.4. The van der Waals surface area contributed by atoms with E-state index in [9.17, 15) is 0 Å². The quantitative estimate of drug-likeness (QED) is 0.187. The van der Waals surface area contributed by atoms with Crippen molar-refractivity contribution in [3.05, 3.63) is 169 Å². The van der Waals surface area contributed by atoms with Crippen molar-refractivity contribution in [2.24, 2.45) is 0 Å². The van der Waals surface area contributed by atoms with E-state index >= 15 is 0 Å². The molecule has 48 heavy (non-hydrogen) atoms. The van der Waals surface area contributed by atoms with Gasteiger partial charge in [-0.2, -0.15) is 0 Å². The maximum Gasteiger partial charge on any atom is 0.0562 e. The minimum absolute atomic E-state index is 0.0988. The van der Waals surface area contributed by atoms with Crippen molar-refractivity contribution in [2.45, 2.75) is 19.3 Å². The Bertz CT molecular complexity index is 2710. The Morgan fingerprint density at radius 1 is 0.521 bits per heavy atom. The zero-order chi connectivity index (χ0) is 32.0. The zero-order valence-corrected chi connectivity index (χ0v) is 27.6. The van der Waals surface area contributed by atoms with E-state index in [4.69, 9.17) is 0 Å². The molecule has 0 fully saturated rings. The van der Waals surface area contributed by atoms with Gasteiger partial charge < -0.3 is 9.47 Å². The maximum absolute atomic E-state index is 2.53. The van der Waals surface area contributed by atoms with Gasteiger partial charge >= 0.3 is 0 Å². The second-order valence-electron chi connectivity index (χ2n) is 13.3. The average Bonchev–Trinajstić information content (AvgIpc) is 3.75. The largest absolute Gasteiger partial charge is 0.309 e. The number of rotatable bonds is 4. The number of fused-ring (bicyclic) bond motifs is 9. The Balaban J connectivity index is 1.33. The standard InChI is InChI=1S/C45H32N2S/c1-45(2)35-19-9-6-17-33(35)43-36(45)20-12-22-38(43)47(30-26-27-32-31-16-8-11-25-41(31)48-42(32)28-30)40-24-13-23-39-44(40)34-18-7-10-21-37(34)46(39)29-14-4-3-5-15-29/h3-28H,1-2H3.